The maximum Gasteiger partial charge on any atom is 0.0987 e. The number of benzene rings is 1. The molecule has 19 heavy (non-hydrogen) atoms. The first-order valence-electron chi connectivity index (χ1n) is 6.82. The normalized spacial score (nSPS) is 27.9. The summed E-state index contributed by atoms with van der Waals surface area (Å²) in [4.78, 5) is 0. The Bertz CT molecular complexity index is 413. The third-order valence-electron chi connectivity index (χ3n) is 3.74. The summed E-state index contributed by atoms with van der Waals surface area (Å²) in [6.45, 7) is 4.87. The molecule has 1 saturated carbocycles. The molecule has 1 aliphatic carbocycles. The molecule has 0 aromatic heterocycles. The van der Waals surface area contributed by atoms with E-state index in [1.807, 2.05) is 25.1 Å². The Balaban J connectivity index is 1.93. The zero-order chi connectivity index (χ0) is 13.8. The first kappa shape index (κ1) is 14.8. The van der Waals surface area contributed by atoms with Gasteiger partial charge in [0.2, 0.25) is 0 Å². The average Bonchev–Trinajstić information content (AvgIpc) is 2.38. The number of halogens is 1. The fraction of sp³-hybridized carbons (Fsp3) is 0.600. The molecule has 3 unspecified atom stereocenters. The van der Waals surface area contributed by atoms with Gasteiger partial charge >= 0.3 is 0 Å². The van der Waals surface area contributed by atoms with Crippen molar-refractivity contribution >= 4 is 11.6 Å². The van der Waals surface area contributed by atoms with E-state index in [-0.39, 0.29) is 18.2 Å². The molecule has 0 radical (unpaired) electrons. The minimum Gasteiger partial charge on any atom is -0.377 e. The summed E-state index contributed by atoms with van der Waals surface area (Å²) in [7, 11) is 1.74. The molecule has 0 saturated heterocycles. The molecule has 4 heteroatoms. The van der Waals surface area contributed by atoms with E-state index in [9.17, 15) is 0 Å². The molecule has 1 aliphatic rings. The van der Waals surface area contributed by atoms with Crippen LogP contribution in [0.3, 0.4) is 0 Å². The Morgan fingerprint density at radius 2 is 2.16 bits per heavy atom. The van der Waals surface area contributed by atoms with Crippen LogP contribution >= 0.6 is 11.6 Å². The Morgan fingerprint density at radius 3 is 2.79 bits per heavy atom. The standard InChI is InChI=1S/C15H22ClNO2/c1-4-19-14-9-13(15(14)18-3)17-10(2)11-7-5-6-8-12(11)16/h5-8,10,13-15,17H,4,9H2,1-3H3/t10-,13?,14?,15?/m0/s1. The number of nitrogens with one attached hydrogen (secondary N) is 1. The van der Waals surface area contributed by atoms with Gasteiger partial charge in [-0.05, 0) is 31.9 Å². The van der Waals surface area contributed by atoms with Gasteiger partial charge in [-0.15, -0.1) is 0 Å². The summed E-state index contributed by atoms with van der Waals surface area (Å²) in [5.41, 5.74) is 1.12. The van der Waals surface area contributed by atoms with Crippen LogP contribution in [0.2, 0.25) is 5.02 Å². The van der Waals surface area contributed by atoms with Crippen LogP contribution in [-0.4, -0.2) is 32.0 Å². The van der Waals surface area contributed by atoms with Crippen molar-refractivity contribution < 1.29 is 9.47 Å². The summed E-state index contributed by atoms with van der Waals surface area (Å²) in [6, 6.07) is 8.47. The van der Waals surface area contributed by atoms with E-state index in [4.69, 9.17) is 21.1 Å². The van der Waals surface area contributed by atoms with Crippen LogP contribution < -0.4 is 5.32 Å². The summed E-state index contributed by atoms with van der Waals surface area (Å²) in [5.74, 6) is 0. The van der Waals surface area contributed by atoms with Crippen LogP contribution in [0.5, 0.6) is 0 Å². The summed E-state index contributed by atoms with van der Waals surface area (Å²) in [6.07, 6.45) is 1.33. The quantitative estimate of drug-likeness (QED) is 0.870. The van der Waals surface area contributed by atoms with Crippen LogP contribution in [0, 0.1) is 0 Å². The molecule has 106 valence electrons. The smallest absolute Gasteiger partial charge is 0.0987 e. The minimum absolute atomic E-state index is 0.130. The second-order valence-corrected chi connectivity index (χ2v) is 5.35. The maximum absolute atomic E-state index is 6.22. The Labute approximate surface area is 120 Å². The molecular formula is C15H22ClNO2. The van der Waals surface area contributed by atoms with Gasteiger partial charge in [0.1, 0.15) is 0 Å². The number of hydrogen-bond acceptors (Lipinski definition) is 3. The van der Waals surface area contributed by atoms with Crippen molar-refractivity contribution in [2.45, 2.75) is 44.6 Å². The minimum atomic E-state index is 0.130. The molecule has 1 N–H and O–H groups in total. The molecule has 0 amide bonds. The van der Waals surface area contributed by atoms with Crippen molar-refractivity contribution in [1.29, 1.82) is 0 Å². The van der Waals surface area contributed by atoms with Crippen LogP contribution in [-0.2, 0) is 9.47 Å². The lowest BCUT2D eigenvalue weighted by Gasteiger charge is -2.44. The van der Waals surface area contributed by atoms with E-state index in [1.54, 1.807) is 7.11 Å². The van der Waals surface area contributed by atoms with Crippen molar-refractivity contribution in [1.82, 2.24) is 5.32 Å². The molecule has 2 rings (SSSR count). The van der Waals surface area contributed by atoms with E-state index in [0.717, 1.165) is 23.6 Å². The second kappa shape index (κ2) is 6.71. The van der Waals surface area contributed by atoms with Gasteiger partial charge in [-0.2, -0.15) is 0 Å². The highest BCUT2D eigenvalue weighted by Gasteiger charge is 2.42. The zero-order valence-corrected chi connectivity index (χ0v) is 12.5. The Hall–Kier alpha value is -0.610. The number of ether oxygens (including phenoxy) is 2. The topological polar surface area (TPSA) is 30.5 Å². The fourth-order valence-electron chi connectivity index (χ4n) is 2.67. The summed E-state index contributed by atoms with van der Waals surface area (Å²) >= 11 is 6.22. The van der Waals surface area contributed by atoms with Gasteiger partial charge in [0, 0.05) is 30.8 Å². The molecule has 1 aromatic carbocycles. The first-order valence-corrected chi connectivity index (χ1v) is 7.20. The fourth-order valence-corrected chi connectivity index (χ4v) is 2.97. The lowest BCUT2D eigenvalue weighted by molar-refractivity contribution is -0.133. The van der Waals surface area contributed by atoms with E-state index < -0.39 is 0 Å². The average molecular weight is 284 g/mol. The van der Waals surface area contributed by atoms with Crippen molar-refractivity contribution in [3.8, 4) is 0 Å². The molecule has 0 aliphatic heterocycles. The Morgan fingerprint density at radius 1 is 1.42 bits per heavy atom. The van der Waals surface area contributed by atoms with Crippen LogP contribution in [0.25, 0.3) is 0 Å². The number of hydrogen-bond donors (Lipinski definition) is 1. The molecule has 1 fully saturated rings. The predicted octanol–water partition coefficient (Wildman–Crippen LogP) is 3.18. The van der Waals surface area contributed by atoms with Crippen molar-refractivity contribution in [2.75, 3.05) is 13.7 Å². The molecule has 0 spiro atoms. The number of methoxy groups -OCH3 is 1. The van der Waals surface area contributed by atoms with Gasteiger partial charge in [0.15, 0.2) is 0 Å². The second-order valence-electron chi connectivity index (χ2n) is 4.95. The molecule has 3 nitrogen and oxygen atoms in total. The highest BCUT2D eigenvalue weighted by Crippen LogP contribution is 2.30. The maximum atomic E-state index is 6.22. The highest BCUT2D eigenvalue weighted by molar-refractivity contribution is 6.31. The van der Waals surface area contributed by atoms with E-state index >= 15 is 0 Å². The van der Waals surface area contributed by atoms with Gasteiger partial charge < -0.3 is 14.8 Å². The molecule has 1 aromatic rings. The zero-order valence-electron chi connectivity index (χ0n) is 11.7. The van der Waals surface area contributed by atoms with Crippen LogP contribution in [0.15, 0.2) is 24.3 Å². The van der Waals surface area contributed by atoms with E-state index in [2.05, 4.69) is 18.3 Å². The van der Waals surface area contributed by atoms with Gasteiger partial charge in [0.05, 0.1) is 12.2 Å². The SMILES string of the molecule is CCOC1CC(N[C@@H](C)c2ccccc2Cl)C1OC. The van der Waals surface area contributed by atoms with Crippen LogP contribution in [0.1, 0.15) is 31.9 Å². The third-order valence-corrected chi connectivity index (χ3v) is 4.08. The molecular weight excluding hydrogens is 262 g/mol. The molecule has 0 heterocycles. The van der Waals surface area contributed by atoms with Gasteiger partial charge in [0.25, 0.3) is 0 Å². The highest BCUT2D eigenvalue weighted by atomic mass is 35.5. The predicted molar refractivity (Wildman–Crippen MR) is 77.6 cm³/mol. The lowest BCUT2D eigenvalue weighted by Crippen LogP contribution is -2.60. The first-order chi connectivity index (χ1) is 9.17. The van der Waals surface area contributed by atoms with Gasteiger partial charge in [-0.3, -0.25) is 0 Å². The number of rotatable bonds is 6. The van der Waals surface area contributed by atoms with Crippen molar-refractivity contribution in [2.24, 2.45) is 0 Å². The van der Waals surface area contributed by atoms with Gasteiger partial charge in [-0.25, -0.2) is 0 Å². The van der Waals surface area contributed by atoms with Crippen LogP contribution in [0.4, 0.5) is 0 Å². The Kier molecular flexibility index (Phi) is 5.22. The van der Waals surface area contributed by atoms with Gasteiger partial charge in [-0.1, -0.05) is 29.8 Å². The van der Waals surface area contributed by atoms with E-state index in [1.165, 1.54) is 0 Å². The molecule has 4 atom stereocenters. The lowest BCUT2D eigenvalue weighted by atomic mass is 9.84. The van der Waals surface area contributed by atoms with Crippen molar-refractivity contribution in [3.63, 3.8) is 0 Å². The monoisotopic (exact) mass is 283 g/mol. The van der Waals surface area contributed by atoms with E-state index in [0.29, 0.717) is 6.04 Å². The third kappa shape index (κ3) is 3.29. The summed E-state index contributed by atoms with van der Waals surface area (Å²) < 4.78 is 11.1. The van der Waals surface area contributed by atoms with Crippen molar-refractivity contribution in [3.05, 3.63) is 34.9 Å². The largest absolute Gasteiger partial charge is 0.377 e. The summed E-state index contributed by atoms with van der Waals surface area (Å²) in [5, 5.41) is 4.38. The molecule has 0 bridgehead atoms.